The topological polar surface area (TPSA) is 84.7 Å². The molecule has 8 nitrogen and oxygen atoms in total. The van der Waals surface area contributed by atoms with Gasteiger partial charge in [0, 0.05) is 53.4 Å². The zero-order valence-corrected chi connectivity index (χ0v) is 26.2. The van der Waals surface area contributed by atoms with Crippen LogP contribution in [0.5, 0.6) is 0 Å². The van der Waals surface area contributed by atoms with E-state index in [0.717, 1.165) is 5.39 Å². The Morgan fingerprint density at radius 2 is 1.76 bits per heavy atom. The summed E-state index contributed by atoms with van der Waals surface area (Å²) in [6.07, 6.45) is 3.97. The maximum absolute atomic E-state index is 14.6. The molecule has 2 atom stereocenters. The molecule has 0 unspecified atom stereocenters. The van der Waals surface area contributed by atoms with Crippen LogP contribution in [0.25, 0.3) is 16.6 Å². The van der Waals surface area contributed by atoms with E-state index in [2.05, 4.69) is 4.98 Å². The van der Waals surface area contributed by atoms with Crippen molar-refractivity contribution < 1.29 is 23.5 Å². The number of fused-ring (bicyclic) bond motifs is 1. The first kappa shape index (κ1) is 31.2. The van der Waals surface area contributed by atoms with Gasteiger partial charge >= 0.3 is 6.09 Å². The van der Waals surface area contributed by atoms with E-state index in [1.807, 2.05) is 72.9 Å². The molecule has 2 amide bonds. The number of halogens is 1. The van der Waals surface area contributed by atoms with Crippen molar-refractivity contribution in [1.29, 1.82) is 0 Å². The molecule has 3 heterocycles. The van der Waals surface area contributed by atoms with Crippen LogP contribution < -0.4 is 0 Å². The van der Waals surface area contributed by atoms with Crippen LogP contribution in [0.15, 0.2) is 36.7 Å². The van der Waals surface area contributed by atoms with Gasteiger partial charge in [0.25, 0.3) is 5.91 Å². The van der Waals surface area contributed by atoms with E-state index in [1.54, 1.807) is 28.3 Å². The third-order valence-corrected chi connectivity index (χ3v) is 7.91. The number of pyridine rings is 1. The van der Waals surface area contributed by atoms with Crippen LogP contribution in [0, 0.1) is 18.7 Å². The Kier molecular flexibility index (Phi) is 8.81. The van der Waals surface area contributed by atoms with Crippen LogP contribution in [0.3, 0.4) is 0 Å². The van der Waals surface area contributed by atoms with E-state index in [0.29, 0.717) is 41.8 Å². The molecular formula is C33H43FN4O4. The van der Waals surface area contributed by atoms with Gasteiger partial charge in [0.05, 0.1) is 23.0 Å². The molecule has 1 aliphatic heterocycles. The van der Waals surface area contributed by atoms with Crippen LogP contribution in [0.2, 0.25) is 0 Å². The fourth-order valence-corrected chi connectivity index (χ4v) is 6.17. The zero-order chi connectivity index (χ0) is 31.1. The van der Waals surface area contributed by atoms with Gasteiger partial charge in [-0.3, -0.25) is 14.6 Å². The normalized spacial score (nSPS) is 17.7. The molecule has 1 aromatic carbocycles. The highest BCUT2D eigenvalue weighted by atomic mass is 19.1. The Balaban J connectivity index is 1.76. The SMILES string of the molecule is Cc1c(C(=O)[C@@H]2CCN(C(=O)OC(C)(C)C)[C@@H](C)C2)c2ccncc2n1-c1ccc(F)cc1C(=O)N(C(C)C)C(C)C. The summed E-state index contributed by atoms with van der Waals surface area (Å²) in [7, 11) is 0. The number of hydrogen-bond acceptors (Lipinski definition) is 5. The van der Waals surface area contributed by atoms with Crippen molar-refractivity contribution in [1.82, 2.24) is 19.4 Å². The minimum Gasteiger partial charge on any atom is -0.444 e. The number of hydrogen-bond donors (Lipinski definition) is 0. The molecule has 4 rings (SSSR count). The summed E-state index contributed by atoms with van der Waals surface area (Å²) < 4.78 is 22.0. The molecule has 226 valence electrons. The number of carbonyl (C=O) groups is 3. The van der Waals surface area contributed by atoms with E-state index in [-0.39, 0.29) is 47.4 Å². The number of aromatic nitrogens is 2. The lowest BCUT2D eigenvalue weighted by Crippen LogP contribution is -2.48. The van der Waals surface area contributed by atoms with Crippen LogP contribution >= 0.6 is 0 Å². The van der Waals surface area contributed by atoms with Gasteiger partial charge in [-0.05, 0) is 99.4 Å². The molecule has 9 heteroatoms. The van der Waals surface area contributed by atoms with Gasteiger partial charge in [0.1, 0.15) is 11.4 Å². The highest BCUT2D eigenvalue weighted by Crippen LogP contribution is 2.35. The van der Waals surface area contributed by atoms with Gasteiger partial charge in [-0.25, -0.2) is 9.18 Å². The molecule has 1 fully saturated rings. The summed E-state index contributed by atoms with van der Waals surface area (Å²) in [5, 5.41) is 0.724. The Labute approximate surface area is 247 Å². The first-order chi connectivity index (χ1) is 19.6. The molecule has 2 aromatic heterocycles. The molecule has 1 saturated heterocycles. The summed E-state index contributed by atoms with van der Waals surface area (Å²) in [5.41, 5.74) is 2.00. The van der Waals surface area contributed by atoms with Crippen molar-refractivity contribution in [3.05, 3.63) is 59.3 Å². The fraction of sp³-hybridized carbons (Fsp3) is 0.515. The lowest BCUT2D eigenvalue weighted by atomic mass is 9.85. The van der Waals surface area contributed by atoms with Gasteiger partial charge in [0.15, 0.2) is 5.78 Å². The molecule has 42 heavy (non-hydrogen) atoms. The zero-order valence-electron chi connectivity index (χ0n) is 26.2. The molecule has 0 saturated carbocycles. The number of ether oxygens (including phenoxy) is 1. The van der Waals surface area contributed by atoms with E-state index >= 15 is 0 Å². The van der Waals surface area contributed by atoms with Gasteiger partial charge in [-0.2, -0.15) is 0 Å². The van der Waals surface area contributed by atoms with Crippen LogP contribution in [-0.4, -0.2) is 67.4 Å². The number of Topliss-reactive ketones (excluding diaryl/α,β-unsaturated/α-hetero) is 1. The van der Waals surface area contributed by atoms with Crippen LogP contribution in [0.1, 0.15) is 94.6 Å². The lowest BCUT2D eigenvalue weighted by Gasteiger charge is -2.37. The summed E-state index contributed by atoms with van der Waals surface area (Å²) in [4.78, 5) is 48.5. The van der Waals surface area contributed by atoms with Gasteiger partial charge in [-0.1, -0.05) is 0 Å². The number of piperidine rings is 1. The third-order valence-electron chi connectivity index (χ3n) is 7.91. The second-order valence-corrected chi connectivity index (χ2v) is 12.9. The van der Waals surface area contributed by atoms with Crippen LogP contribution in [-0.2, 0) is 4.74 Å². The Morgan fingerprint density at radius 3 is 2.36 bits per heavy atom. The third kappa shape index (κ3) is 6.05. The highest BCUT2D eigenvalue weighted by Gasteiger charge is 2.37. The quantitative estimate of drug-likeness (QED) is 0.296. The van der Waals surface area contributed by atoms with E-state index in [1.165, 1.54) is 12.1 Å². The maximum Gasteiger partial charge on any atom is 0.410 e. The standard InChI is InChI=1S/C33H43FN4O4/c1-19(2)37(20(3)4)31(40)26-17-24(34)10-11-27(26)38-22(6)29(25-12-14-35-18-28(25)38)30(39)23-13-15-36(21(5)16-23)32(41)42-33(7,8)9/h10-12,14,17-21,23H,13,15-16H2,1-9H3/t21-,23+/m0/s1. The van der Waals surface area contributed by atoms with Crippen molar-refractivity contribution >= 4 is 28.7 Å². The predicted molar refractivity (Wildman–Crippen MR) is 162 cm³/mol. The minimum atomic E-state index is -0.599. The predicted octanol–water partition coefficient (Wildman–Crippen LogP) is 6.95. The van der Waals surface area contributed by atoms with Crippen molar-refractivity contribution in [2.45, 2.75) is 98.9 Å². The average Bonchev–Trinajstić information content (AvgIpc) is 3.18. The number of carbonyl (C=O) groups excluding carboxylic acids is 3. The molecule has 0 bridgehead atoms. The molecule has 3 aromatic rings. The second kappa shape index (κ2) is 11.9. The summed E-state index contributed by atoms with van der Waals surface area (Å²) in [6, 6.07) is 5.65. The molecule has 0 aliphatic carbocycles. The summed E-state index contributed by atoms with van der Waals surface area (Å²) >= 11 is 0. The van der Waals surface area contributed by atoms with E-state index in [4.69, 9.17) is 4.74 Å². The minimum absolute atomic E-state index is 0.0147. The van der Waals surface area contributed by atoms with E-state index < -0.39 is 11.4 Å². The second-order valence-electron chi connectivity index (χ2n) is 12.9. The molecule has 0 spiro atoms. The Morgan fingerprint density at radius 1 is 1.10 bits per heavy atom. The first-order valence-corrected chi connectivity index (χ1v) is 14.7. The summed E-state index contributed by atoms with van der Waals surface area (Å²) in [5.74, 6) is -1.10. The fourth-order valence-electron chi connectivity index (χ4n) is 6.17. The lowest BCUT2D eigenvalue weighted by molar-refractivity contribution is 0.00734. The number of amides is 2. The smallest absolute Gasteiger partial charge is 0.410 e. The van der Waals surface area contributed by atoms with Crippen molar-refractivity contribution in [2.75, 3.05) is 6.54 Å². The average molecular weight is 579 g/mol. The molecule has 1 aliphatic rings. The molecule has 0 N–H and O–H groups in total. The van der Waals surface area contributed by atoms with Gasteiger partial charge in [0.2, 0.25) is 0 Å². The first-order valence-electron chi connectivity index (χ1n) is 14.7. The monoisotopic (exact) mass is 578 g/mol. The highest BCUT2D eigenvalue weighted by molar-refractivity contribution is 6.11. The maximum atomic E-state index is 14.6. The largest absolute Gasteiger partial charge is 0.444 e. The van der Waals surface area contributed by atoms with Crippen LogP contribution in [0.4, 0.5) is 9.18 Å². The van der Waals surface area contributed by atoms with Crippen molar-refractivity contribution in [2.24, 2.45) is 5.92 Å². The Bertz CT molecular complexity index is 1500. The van der Waals surface area contributed by atoms with Crippen molar-refractivity contribution in [3.63, 3.8) is 0 Å². The van der Waals surface area contributed by atoms with Gasteiger partial charge in [-0.15, -0.1) is 0 Å². The van der Waals surface area contributed by atoms with Gasteiger partial charge < -0.3 is 19.1 Å². The van der Waals surface area contributed by atoms with Crippen molar-refractivity contribution in [3.8, 4) is 5.69 Å². The Hall–Kier alpha value is -3.75. The number of ketones is 1. The number of benzene rings is 1. The number of likely N-dealkylation sites (tertiary alicyclic amines) is 1. The van der Waals surface area contributed by atoms with E-state index in [9.17, 15) is 18.8 Å². The number of nitrogens with zero attached hydrogens (tertiary/aromatic N) is 4. The summed E-state index contributed by atoms with van der Waals surface area (Å²) in [6.45, 7) is 17.5. The molecule has 0 radical (unpaired) electrons. The molecular weight excluding hydrogens is 535 g/mol. The number of rotatable bonds is 6.